The van der Waals surface area contributed by atoms with Crippen LogP contribution in [0, 0.1) is 10.1 Å². The van der Waals surface area contributed by atoms with Crippen molar-refractivity contribution in [2.75, 3.05) is 31.2 Å². The quantitative estimate of drug-likeness (QED) is 0.530. The molecule has 0 spiro atoms. The lowest BCUT2D eigenvalue weighted by Gasteiger charge is -2.28. The summed E-state index contributed by atoms with van der Waals surface area (Å²) in [6.07, 6.45) is 1.42. The molecule has 7 heteroatoms. The van der Waals surface area contributed by atoms with Gasteiger partial charge in [-0.25, -0.2) is 0 Å². The van der Waals surface area contributed by atoms with Crippen LogP contribution in [0.3, 0.4) is 0 Å². The van der Waals surface area contributed by atoms with Gasteiger partial charge in [-0.15, -0.1) is 0 Å². The summed E-state index contributed by atoms with van der Waals surface area (Å²) in [5.74, 6) is -0.0470. The van der Waals surface area contributed by atoms with Gasteiger partial charge in [0.1, 0.15) is 5.75 Å². The van der Waals surface area contributed by atoms with E-state index in [2.05, 4.69) is 9.89 Å². The molecule has 0 saturated carbocycles. The molecule has 24 heavy (non-hydrogen) atoms. The molecular formula is C17H17N3O4. The standard InChI is InChI=1S/C17H17N3O4/c21-17-6-5-16(20(22)23)11-13(17)12-18-14-1-3-15(4-2-14)19-7-9-24-10-8-19/h1-6,11-12,21H,7-10H2. The van der Waals surface area contributed by atoms with Crippen LogP contribution in [0.15, 0.2) is 47.5 Å². The largest absolute Gasteiger partial charge is 0.507 e. The SMILES string of the molecule is O=[N+]([O-])c1ccc(O)c(C=Nc2ccc(N3CCOCC3)cc2)c1. The van der Waals surface area contributed by atoms with E-state index in [0.29, 0.717) is 11.3 Å². The van der Waals surface area contributed by atoms with Gasteiger partial charge in [0.2, 0.25) is 0 Å². The monoisotopic (exact) mass is 327 g/mol. The van der Waals surface area contributed by atoms with Gasteiger partial charge in [-0.3, -0.25) is 15.1 Å². The first kappa shape index (κ1) is 15.9. The van der Waals surface area contributed by atoms with E-state index in [4.69, 9.17) is 4.74 Å². The van der Waals surface area contributed by atoms with Crippen molar-refractivity contribution in [2.45, 2.75) is 0 Å². The van der Waals surface area contributed by atoms with Crippen molar-refractivity contribution < 1.29 is 14.8 Å². The zero-order valence-corrected chi connectivity index (χ0v) is 13.0. The number of nitrogens with zero attached hydrogens (tertiary/aromatic N) is 3. The molecule has 1 heterocycles. The van der Waals surface area contributed by atoms with Crippen molar-refractivity contribution in [3.63, 3.8) is 0 Å². The second-order valence-electron chi connectivity index (χ2n) is 5.37. The number of aliphatic imine (C=N–C) groups is 1. The summed E-state index contributed by atoms with van der Waals surface area (Å²) in [6, 6.07) is 11.5. The highest BCUT2D eigenvalue weighted by Gasteiger charge is 2.11. The van der Waals surface area contributed by atoms with Gasteiger partial charge in [0.15, 0.2) is 0 Å². The summed E-state index contributed by atoms with van der Waals surface area (Å²) in [5.41, 5.74) is 2.03. The van der Waals surface area contributed by atoms with Gasteiger partial charge in [0.05, 0.1) is 23.8 Å². The lowest BCUT2D eigenvalue weighted by atomic mass is 10.2. The van der Waals surface area contributed by atoms with Crippen LogP contribution in [0.5, 0.6) is 5.75 Å². The Morgan fingerprint density at radius 1 is 1.17 bits per heavy atom. The molecule has 124 valence electrons. The maximum Gasteiger partial charge on any atom is 0.270 e. The molecule has 2 aromatic carbocycles. The average Bonchev–Trinajstić information content (AvgIpc) is 2.62. The Morgan fingerprint density at radius 3 is 2.54 bits per heavy atom. The zero-order valence-electron chi connectivity index (χ0n) is 13.0. The first-order chi connectivity index (χ1) is 11.6. The summed E-state index contributed by atoms with van der Waals surface area (Å²) in [6.45, 7) is 3.19. The third kappa shape index (κ3) is 3.69. The minimum absolute atomic E-state index is 0.0470. The van der Waals surface area contributed by atoms with Crippen molar-refractivity contribution >= 4 is 23.3 Å². The van der Waals surface area contributed by atoms with Crippen molar-refractivity contribution in [2.24, 2.45) is 4.99 Å². The number of aromatic hydroxyl groups is 1. The predicted octanol–water partition coefficient (Wildman–Crippen LogP) is 2.89. The third-order valence-electron chi connectivity index (χ3n) is 3.80. The summed E-state index contributed by atoms with van der Waals surface area (Å²) in [5, 5.41) is 20.6. The molecule has 0 atom stereocenters. The number of hydrogen-bond donors (Lipinski definition) is 1. The number of nitro benzene ring substituents is 1. The number of nitro groups is 1. The fourth-order valence-corrected chi connectivity index (χ4v) is 2.47. The number of phenols is 1. The minimum Gasteiger partial charge on any atom is -0.507 e. The molecule has 3 rings (SSSR count). The van der Waals surface area contributed by atoms with Gasteiger partial charge in [-0.2, -0.15) is 0 Å². The lowest BCUT2D eigenvalue weighted by molar-refractivity contribution is -0.384. The van der Waals surface area contributed by atoms with Crippen LogP contribution in [-0.2, 0) is 4.74 Å². The molecule has 0 aromatic heterocycles. The van der Waals surface area contributed by atoms with Crippen LogP contribution in [0.2, 0.25) is 0 Å². The molecule has 0 unspecified atom stereocenters. The fraction of sp³-hybridized carbons (Fsp3) is 0.235. The Labute approximate surface area is 139 Å². The van der Waals surface area contributed by atoms with E-state index in [0.717, 1.165) is 32.0 Å². The smallest absolute Gasteiger partial charge is 0.270 e. The molecular weight excluding hydrogens is 310 g/mol. The number of ether oxygens (including phenoxy) is 1. The van der Waals surface area contributed by atoms with Gasteiger partial charge in [0.25, 0.3) is 5.69 Å². The van der Waals surface area contributed by atoms with Gasteiger partial charge in [-0.1, -0.05) is 0 Å². The van der Waals surface area contributed by atoms with Crippen LogP contribution < -0.4 is 4.90 Å². The minimum atomic E-state index is -0.506. The molecule has 1 N–H and O–H groups in total. The maximum absolute atomic E-state index is 10.8. The number of rotatable bonds is 4. The number of phenolic OH excluding ortho intramolecular Hbond substituents is 1. The number of anilines is 1. The molecule has 1 aliphatic heterocycles. The first-order valence-electron chi connectivity index (χ1n) is 7.58. The lowest BCUT2D eigenvalue weighted by Crippen LogP contribution is -2.36. The highest BCUT2D eigenvalue weighted by atomic mass is 16.6. The summed E-state index contributed by atoms with van der Waals surface area (Å²) in [4.78, 5) is 16.8. The van der Waals surface area contributed by atoms with E-state index in [9.17, 15) is 15.2 Å². The fourth-order valence-electron chi connectivity index (χ4n) is 2.47. The molecule has 0 amide bonds. The van der Waals surface area contributed by atoms with Crippen LogP contribution in [0.4, 0.5) is 17.1 Å². The van der Waals surface area contributed by atoms with E-state index in [1.807, 2.05) is 24.3 Å². The maximum atomic E-state index is 10.8. The normalized spacial score (nSPS) is 14.9. The van der Waals surface area contributed by atoms with E-state index in [1.165, 1.54) is 24.4 Å². The average molecular weight is 327 g/mol. The van der Waals surface area contributed by atoms with Gasteiger partial charge in [0, 0.05) is 42.7 Å². The van der Waals surface area contributed by atoms with Gasteiger partial charge < -0.3 is 14.7 Å². The molecule has 1 fully saturated rings. The van der Waals surface area contributed by atoms with E-state index in [-0.39, 0.29) is 11.4 Å². The highest BCUT2D eigenvalue weighted by molar-refractivity contribution is 5.86. The van der Waals surface area contributed by atoms with Gasteiger partial charge >= 0.3 is 0 Å². The Balaban J connectivity index is 1.75. The first-order valence-corrected chi connectivity index (χ1v) is 7.58. The third-order valence-corrected chi connectivity index (χ3v) is 3.80. The number of morpholine rings is 1. The molecule has 1 aliphatic rings. The van der Waals surface area contributed by atoms with E-state index < -0.39 is 4.92 Å². The van der Waals surface area contributed by atoms with E-state index in [1.54, 1.807) is 0 Å². The Bertz CT molecular complexity index is 753. The van der Waals surface area contributed by atoms with Crippen molar-refractivity contribution in [1.29, 1.82) is 0 Å². The summed E-state index contributed by atoms with van der Waals surface area (Å²) in [7, 11) is 0. The van der Waals surface area contributed by atoms with Gasteiger partial charge in [-0.05, 0) is 30.3 Å². The predicted molar refractivity (Wildman–Crippen MR) is 91.5 cm³/mol. The number of non-ortho nitro benzene ring substituents is 1. The second-order valence-corrected chi connectivity index (χ2v) is 5.37. The zero-order chi connectivity index (χ0) is 16.9. The number of hydrogen-bond acceptors (Lipinski definition) is 6. The van der Waals surface area contributed by atoms with Crippen molar-refractivity contribution in [3.05, 3.63) is 58.1 Å². The molecule has 0 bridgehead atoms. The molecule has 0 radical (unpaired) electrons. The molecule has 2 aromatic rings. The second kappa shape index (κ2) is 7.10. The molecule has 0 aliphatic carbocycles. The molecule has 7 nitrogen and oxygen atoms in total. The highest BCUT2D eigenvalue weighted by Crippen LogP contribution is 2.24. The summed E-state index contributed by atoms with van der Waals surface area (Å²) >= 11 is 0. The van der Waals surface area contributed by atoms with Crippen LogP contribution in [0.25, 0.3) is 0 Å². The van der Waals surface area contributed by atoms with Crippen LogP contribution >= 0.6 is 0 Å². The Kier molecular flexibility index (Phi) is 4.72. The number of benzene rings is 2. The Hall–Kier alpha value is -2.93. The van der Waals surface area contributed by atoms with Crippen LogP contribution in [0.1, 0.15) is 5.56 Å². The van der Waals surface area contributed by atoms with Crippen molar-refractivity contribution in [3.8, 4) is 5.75 Å². The summed E-state index contributed by atoms with van der Waals surface area (Å²) < 4.78 is 5.33. The van der Waals surface area contributed by atoms with E-state index >= 15 is 0 Å². The topological polar surface area (TPSA) is 88.2 Å². The molecule has 1 saturated heterocycles. The Morgan fingerprint density at radius 2 is 1.88 bits per heavy atom. The van der Waals surface area contributed by atoms with Crippen molar-refractivity contribution in [1.82, 2.24) is 0 Å². The van der Waals surface area contributed by atoms with Crippen LogP contribution in [-0.4, -0.2) is 42.5 Å².